The van der Waals surface area contributed by atoms with Crippen molar-refractivity contribution in [2.24, 2.45) is 11.3 Å². The van der Waals surface area contributed by atoms with E-state index in [1.54, 1.807) is 7.11 Å². The predicted molar refractivity (Wildman–Crippen MR) is 139 cm³/mol. The smallest absolute Gasteiger partial charge is 0.253 e. The third-order valence-electron chi connectivity index (χ3n) is 8.26. The molecule has 1 saturated heterocycles. The van der Waals surface area contributed by atoms with E-state index in [0.29, 0.717) is 5.41 Å². The molecule has 2 aromatic carbocycles. The fourth-order valence-electron chi connectivity index (χ4n) is 5.91. The Balaban J connectivity index is 1.26. The number of carbonyl (C=O) groups is 1. The number of nitrogens with zero attached hydrogens (tertiary/aromatic N) is 2. The Morgan fingerprint density at radius 1 is 1.00 bits per heavy atom. The van der Waals surface area contributed by atoms with E-state index in [9.17, 15) is 4.79 Å². The fraction of sp³-hybridized carbons (Fsp3) is 0.567. The number of hydrogen-bond donors (Lipinski definition) is 0. The first-order valence-electron chi connectivity index (χ1n) is 13.5. The summed E-state index contributed by atoms with van der Waals surface area (Å²) in [6.07, 6.45) is 9.69. The molecule has 0 aromatic heterocycles. The number of ether oxygens (including phenoxy) is 2. The summed E-state index contributed by atoms with van der Waals surface area (Å²) in [5.41, 5.74) is 2.40. The van der Waals surface area contributed by atoms with Crippen LogP contribution >= 0.6 is 0 Å². The molecule has 1 aliphatic carbocycles. The molecule has 2 aromatic rings. The first-order valence-corrected chi connectivity index (χ1v) is 13.5. The van der Waals surface area contributed by atoms with E-state index in [0.717, 1.165) is 75.0 Å². The molecule has 1 spiro atoms. The number of para-hydroxylation sites is 1. The number of carbonyl (C=O) groups excluding carboxylic acids is 1. The van der Waals surface area contributed by atoms with Crippen molar-refractivity contribution in [2.45, 2.75) is 51.4 Å². The van der Waals surface area contributed by atoms with Crippen LogP contribution in [0.5, 0.6) is 11.5 Å². The summed E-state index contributed by atoms with van der Waals surface area (Å²) in [6, 6.07) is 16.1. The minimum Gasteiger partial charge on any atom is -0.497 e. The highest BCUT2D eigenvalue weighted by Gasteiger charge is 2.38. The second kappa shape index (κ2) is 11.0. The largest absolute Gasteiger partial charge is 0.497 e. The highest BCUT2D eigenvalue weighted by Crippen LogP contribution is 2.40. The Morgan fingerprint density at radius 3 is 2.51 bits per heavy atom. The van der Waals surface area contributed by atoms with E-state index in [2.05, 4.69) is 34.1 Å². The molecule has 2 aliphatic heterocycles. The minimum atomic E-state index is 0.149. The van der Waals surface area contributed by atoms with Gasteiger partial charge in [0.2, 0.25) is 0 Å². The summed E-state index contributed by atoms with van der Waals surface area (Å²) in [6.45, 7) is 5.77. The van der Waals surface area contributed by atoms with E-state index in [-0.39, 0.29) is 5.91 Å². The third-order valence-corrected chi connectivity index (χ3v) is 8.26. The van der Waals surface area contributed by atoms with E-state index >= 15 is 0 Å². The van der Waals surface area contributed by atoms with Gasteiger partial charge >= 0.3 is 0 Å². The van der Waals surface area contributed by atoms with Crippen molar-refractivity contribution < 1.29 is 14.3 Å². The number of fused-ring (bicyclic) bond motifs is 1. The zero-order valence-corrected chi connectivity index (χ0v) is 21.2. The molecule has 3 aliphatic rings. The first kappa shape index (κ1) is 24.2. The zero-order chi connectivity index (χ0) is 24.1. The zero-order valence-electron chi connectivity index (χ0n) is 21.2. The minimum absolute atomic E-state index is 0.149. The molecule has 1 saturated carbocycles. The fourth-order valence-corrected chi connectivity index (χ4v) is 5.91. The van der Waals surface area contributed by atoms with Gasteiger partial charge in [0.05, 0.1) is 7.11 Å². The van der Waals surface area contributed by atoms with Gasteiger partial charge in [-0.25, -0.2) is 0 Å². The van der Waals surface area contributed by atoms with Gasteiger partial charge in [0, 0.05) is 38.3 Å². The van der Waals surface area contributed by atoms with Crippen molar-refractivity contribution in [3.8, 4) is 11.5 Å². The average Bonchev–Trinajstić information content (AvgIpc) is 3.71. The van der Waals surface area contributed by atoms with Gasteiger partial charge in [-0.2, -0.15) is 0 Å². The molecular weight excluding hydrogens is 436 g/mol. The molecule has 35 heavy (non-hydrogen) atoms. The lowest BCUT2D eigenvalue weighted by molar-refractivity contribution is 0.0368. The van der Waals surface area contributed by atoms with E-state index in [4.69, 9.17) is 9.47 Å². The second-order valence-corrected chi connectivity index (χ2v) is 10.9. The molecule has 0 bridgehead atoms. The maximum Gasteiger partial charge on any atom is 0.253 e. The number of piperidine rings is 1. The lowest BCUT2D eigenvalue weighted by atomic mass is 9.73. The Labute approximate surface area is 210 Å². The molecule has 5 heteroatoms. The summed E-state index contributed by atoms with van der Waals surface area (Å²) in [7, 11) is 1.65. The Bertz CT molecular complexity index is 977. The van der Waals surface area contributed by atoms with E-state index < -0.39 is 0 Å². The van der Waals surface area contributed by atoms with Gasteiger partial charge in [0.25, 0.3) is 5.91 Å². The number of aryl methyl sites for hydroxylation is 1. The van der Waals surface area contributed by atoms with Crippen molar-refractivity contribution in [2.75, 3.05) is 46.4 Å². The van der Waals surface area contributed by atoms with Crippen LogP contribution in [0, 0.1) is 11.3 Å². The molecule has 2 heterocycles. The maximum atomic E-state index is 13.2. The maximum absolute atomic E-state index is 13.2. The average molecular weight is 477 g/mol. The molecule has 1 amide bonds. The molecule has 0 N–H and O–H groups in total. The van der Waals surface area contributed by atoms with Gasteiger partial charge in [0.15, 0.2) is 0 Å². The van der Waals surface area contributed by atoms with E-state index in [1.165, 1.54) is 44.2 Å². The van der Waals surface area contributed by atoms with Crippen LogP contribution in [0.2, 0.25) is 0 Å². The molecule has 5 nitrogen and oxygen atoms in total. The number of likely N-dealkylation sites (tertiary alicyclic amines) is 1. The predicted octanol–water partition coefficient (Wildman–Crippen LogP) is 5.44. The van der Waals surface area contributed by atoms with Crippen LogP contribution < -0.4 is 9.47 Å². The number of methoxy groups -OCH3 is 1. The summed E-state index contributed by atoms with van der Waals surface area (Å²) >= 11 is 0. The van der Waals surface area contributed by atoms with Crippen LogP contribution in [0.3, 0.4) is 0 Å². The van der Waals surface area contributed by atoms with Crippen molar-refractivity contribution in [1.82, 2.24) is 9.80 Å². The highest BCUT2D eigenvalue weighted by molar-refractivity contribution is 5.94. The van der Waals surface area contributed by atoms with Crippen molar-refractivity contribution in [3.05, 3.63) is 59.7 Å². The van der Waals surface area contributed by atoms with Crippen LogP contribution in [-0.2, 0) is 6.42 Å². The van der Waals surface area contributed by atoms with Crippen molar-refractivity contribution in [3.63, 3.8) is 0 Å². The molecule has 0 unspecified atom stereocenters. The lowest BCUT2D eigenvalue weighted by Gasteiger charge is -2.45. The van der Waals surface area contributed by atoms with Crippen LogP contribution in [0.25, 0.3) is 0 Å². The summed E-state index contributed by atoms with van der Waals surface area (Å²) in [5.74, 6) is 2.87. The molecule has 0 radical (unpaired) electrons. The van der Waals surface area contributed by atoms with Crippen LogP contribution in [-0.4, -0.2) is 62.1 Å². The summed E-state index contributed by atoms with van der Waals surface area (Å²) in [5, 5.41) is 0. The summed E-state index contributed by atoms with van der Waals surface area (Å²) < 4.78 is 11.5. The highest BCUT2D eigenvalue weighted by atomic mass is 16.5. The SMILES string of the molecule is COc1ccc(C(=O)N2CCC3(CCCCc4ccccc4OCCN(CC4CC4)C3)CC2)cc1. The normalized spacial score (nSPS) is 21.3. The van der Waals surface area contributed by atoms with Gasteiger partial charge in [0.1, 0.15) is 18.1 Å². The Hall–Kier alpha value is -2.53. The summed E-state index contributed by atoms with van der Waals surface area (Å²) in [4.78, 5) is 17.9. The third kappa shape index (κ3) is 6.19. The van der Waals surface area contributed by atoms with Crippen LogP contribution in [0.15, 0.2) is 48.5 Å². The molecule has 5 rings (SSSR count). The monoisotopic (exact) mass is 476 g/mol. The Kier molecular flexibility index (Phi) is 7.62. The van der Waals surface area contributed by atoms with Gasteiger partial charge in [-0.3, -0.25) is 9.69 Å². The number of benzene rings is 2. The van der Waals surface area contributed by atoms with Gasteiger partial charge in [-0.1, -0.05) is 24.6 Å². The number of rotatable bonds is 4. The number of hydrogen-bond acceptors (Lipinski definition) is 4. The van der Waals surface area contributed by atoms with Gasteiger partial charge in [-0.15, -0.1) is 0 Å². The standard InChI is InChI=1S/C30H40N2O3/c1-34-27-13-11-26(12-14-27)29(33)32-18-16-30(17-19-32)15-5-4-7-25-6-2-3-8-28(25)35-21-20-31(23-30)22-24-9-10-24/h2-3,6,8,11-14,24H,4-5,7,9-10,15-23H2,1H3. The molecule has 188 valence electrons. The van der Waals surface area contributed by atoms with Gasteiger partial charge < -0.3 is 14.4 Å². The molecular formula is C30H40N2O3. The quantitative estimate of drug-likeness (QED) is 0.590. The number of amides is 1. The van der Waals surface area contributed by atoms with Crippen molar-refractivity contribution >= 4 is 5.91 Å². The second-order valence-electron chi connectivity index (χ2n) is 10.9. The van der Waals surface area contributed by atoms with Gasteiger partial charge in [-0.05, 0) is 92.2 Å². The first-order chi connectivity index (χ1) is 17.1. The topological polar surface area (TPSA) is 42.0 Å². The van der Waals surface area contributed by atoms with Crippen LogP contribution in [0.1, 0.15) is 60.9 Å². The van der Waals surface area contributed by atoms with E-state index in [1.807, 2.05) is 24.3 Å². The molecule has 0 atom stereocenters. The lowest BCUT2D eigenvalue weighted by Crippen LogP contribution is -2.49. The Morgan fingerprint density at radius 2 is 1.77 bits per heavy atom. The van der Waals surface area contributed by atoms with Crippen molar-refractivity contribution in [1.29, 1.82) is 0 Å². The molecule has 2 fully saturated rings. The van der Waals surface area contributed by atoms with Crippen LogP contribution in [0.4, 0.5) is 0 Å².